The lowest BCUT2D eigenvalue weighted by Crippen LogP contribution is -2.15. The minimum absolute atomic E-state index is 0.130. The third kappa shape index (κ3) is 3.74. The van der Waals surface area contributed by atoms with E-state index in [9.17, 15) is 9.59 Å². The molecule has 3 aromatic heterocycles. The van der Waals surface area contributed by atoms with Gasteiger partial charge in [0.05, 0.1) is 12.3 Å². The largest absolute Gasteiger partial charge is 0.477 e. The smallest absolute Gasteiger partial charge is 0.261 e. The standard InChI is InChI=1S/C21H18N4O3S/c1-3-28-20-16(8-5-9-22-20)19(27)24-15-7-4-6-14(11-15)17-12-29-21-23-13(2)10-18(26)25(17)21/h4-12H,3H2,1-2H3,(H,24,27). The molecule has 3 heterocycles. The predicted octanol–water partition coefficient (Wildman–Crippen LogP) is 3.78. The number of anilines is 1. The molecule has 4 aromatic rings. The number of aromatic nitrogens is 3. The highest BCUT2D eigenvalue weighted by atomic mass is 32.1. The maximum atomic E-state index is 12.7. The van der Waals surface area contributed by atoms with E-state index < -0.39 is 0 Å². The van der Waals surface area contributed by atoms with Gasteiger partial charge in [-0.1, -0.05) is 12.1 Å². The molecule has 0 aliphatic heterocycles. The highest BCUT2D eigenvalue weighted by Gasteiger charge is 2.15. The average molecular weight is 406 g/mol. The van der Waals surface area contributed by atoms with Crippen molar-refractivity contribution in [2.75, 3.05) is 11.9 Å². The van der Waals surface area contributed by atoms with Crippen LogP contribution < -0.4 is 15.6 Å². The monoisotopic (exact) mass is 406 g/mol. The Labute approximate surface area is 170 Å². The number of aryl methyl sites for hydroxylation is 1. The second kappa shape index (κ2) is 7.84. The summed E-state index contributed by atoms with van der Waals surface area (Å²) in [6, 6.07) is 12.2. The maximum Gasteiger partial charge on any atom is 0.261 e. The SMILES string of the molecule is CCOc1ncccc1C(=O)Nc1cccc(-c2csc3nc(C)cc(=O)n23)c1. The molecule has 0 saturated heterocycles. The van der Waals surface area contributed by atoms with Crippen LogP contribution in [-0.2, 0) is 0 Å². The van der Waals surface area contributed by atoms with Crippen LogP contribution in [0.15, 0.2) is 58.8 Å². The molecular formula is C21H18N4O3S. The van der Waals surface area contributed by atoms with Crippen molar-refractivity contribution in [3.8, 4) is 17.1 Å². The molecule has 0 aliphatic carbocycles. The lowest BCUT2D eigenvalue weighted by atomic mass is 10.1. The molecule has 8 heteroatoms. The summed E-state index contributed by atoms with van der Waals surface area (Å²) >= 11 is 1.40. The zero-order chi connectivity index (χ0) is 20.4. The van der Waals surface area contributed by atoms with Gasteiger partial charge in [0.2, 0.25) is 5.88 Å². The van der Waals surface area contributed by atoms with Gasteiger partial charge in [-0.3, -0.25) is 14.0 Å². The fraction of sp³-hybridized carbons (Fsp3) is 0.143. The van der Waals surface area contributed by atoms with Gasteiger partial charge in [0.25, 0.3) is 11.5 Å². The molecule has 0 saturated carbocycles. The second-order valence-corrected chi connectivity index (χ2v) is 7.14. The third-order valence-corrected chi connectivity index (χ3v) is 5.07. The maximum absolute atomic E-state index is 12.7. The number of ether oxygens (including phenoxy) is 1. The Bertz CT molecular complexity index is 1260. The van der Waals surface area contributed by atoms with Crippen molar-refractivity contribution in [3.05, 3.63) is 75.7 Å². The number of nitrogens with zero attached hydrogens (tertiary/aromatic N) is 3. The Balaban J connectivity index is 1.67. The summed E-state index contributed by atoms with van der Waals surface area (Å²) < 4.78 is 7.01. The first-order valence-electron chi connectivity index (χ1n) is 9.04. The van der Waals surface area contributed by atoms with Crippen LogP contribution in [0.3, 0.4) is 0 Å². The van der Waals surface area contributed by atoms with E-state index in [1.165, 1.54) is 17.4 Å². The van der Waals surface area contributed by atoms with Crippen molar-refractivity contribution in [2.45, 2.75) is 13.8 Å². The number of benzene rings is 1. The van der Waals surface area contributed by atoms with Crippen LogP contribution in [0, 0.1) is 6.92 Å². The molecule has 1 N–H and O–H groups in total. The van der Waals surface area contributed by atoms with E-state index in [-0.39, 0.29) is 11.5 Å². The highest BCUT2D eigenvalue weighted by Crippen LogP contribution is 2.27. The number of fused-ring (bicyclic) bond motifs is 1. The molecule has 0 atom stereocenters. The summed E-state index contributed by atoms with van der Waals surface area (Å²) in [4.78, 5) is 34.3. The number of carbonyl (C=O) groups is 1. The van der Waals surface area contributed by atoms with Gasteiger partial charge in [0.15, 0.2) is 4.96 Å². The van der Waals surface area contributed by atoms with Gasteiger partial charge >= 0.3 is 0 Å². The number of rotatable bonds is 5. The van der Waals surface area contributed by atoms with Gasteiger partial charge in [-0.05, 0) is 38.1 Å². The number of carbonyl (C=O) groups excluding carboxylic acids is 1. The van der Waals surface area contributed by atoms with Gasteiger partial charge in [-0.15, -0.1) is 11.3 Å². The van der Waals surface area contributed by atoms with Crippen molar-refractivity contribution >= 4 is 27.9 Å². The quantitative estimate of drug-likeness (QED) is 0.545. The van der Waals surface area contributed by atoms with Crippen molar-refractivity contribution in [1.29, 1.82) is 0 Å². The first-order chi connectivity index (χ1) is 14.1. The van der Waals surface area contributed by atoms with E-state index in [4.69, 9.17) is 4.74 Å². The second-order valence-electron chi connectivity index (χ2n) is 6.30. The van der Waals surface area contributed by atoms with Crippen molar-refractivity contribution in [3.63, 3.8) is 0 Å². The number of hydrogen-bond acceptors (Lipinski definition) is 6. The molecule has 0 radical (unpaired) electrons. The highest BCUT2D eigenvalue weighted by molar-refractivity contribution is 7.15. The number of thiazole rings is 1. The van der Waals surface area contributed by atoms with E-state index in [1.54, 1.807) is 35.7 Å². The van der Waals surface area contributed by atoms with E-state index in [2.05, 4.69) is 15.3 Å². The Morgan fingerprint density at radius 1 is 1.24 bits per heavy atom. The number of nitrogens with one attached hydrogen (secondary N) is 1. The van der Waals surface area contributed by atoms with E-state index >= 15 is 0 Å². The van der Waals surface area contributed by atoms with Crippen LogP contribution in [0.2, 0.25) is 0 Å². The van der Waals surface area contributed by atoms with Crippen molar-refractivity contribution in [2.24, 2.45) is 0 Å². The van der Waals surface area contributed by atoms with Crippen molar-refractivity contribution in [1.82, 2.24) is 14.4 Å². The van der Waals surface area contributed by atoms with Crippen LogP contribution in [0.4, 0.5) is 5.69 Å². The molecular weight excluding hydrogens is 388 g/mol. The summed E-state index contributed by atoms with van der Waals surface area (Å²) in [6.45, 7) is 4.05. The minimum Gasteiger partial charge on any atom is -0.477 e. The third-order valence-electron chi connectivity index (χ3n) is 4.25. The molecule has 1 aromatic carbocycles. The molecule has 0 fully saturated rings. The molecule has 146 valence electrons. The summed E-state index contributed by atoms with van der Waals surface area (Å²) in [5.74, 6) is -0.0242. The van der Waals surface area contributed by atoms with Crippen LogP contribution >= 0.6 is 11.3 Å². The lowest BCUT2D eigenvalue weighted by molar-refractivity contribution is 0.102. The zero-order valence-electron chi connectivity index (χ0n) is 15.9. The lowest BCUT2D eigenvalue weighted by Gasteiger charge is -2.10. The fourth-order valence-electron chi connectivity index (χ4n) is 3.00. The Kier molecular flexibility index (Phi) is 5.09. The molecule has 0 bridgehead atoms. The molecule has 29 heavy (non-hydrogen) atoms. The first kappa shape index (κ1) is 18.8. The predicted molar refractivity (Wildman–Crippen MR) is 113 cm³/mol. The normalized spacial score (nSPS) is 10.8. The molecule has 0 unspecified atom stereocenters. The minimum atomic E-state index is -0.316. The summed E-state index contributed by atoms with van der Waals surface area (Å²) in [6.07, 6.45) is 1.58. The number of pyridine rings is 1. The summed E-state index contributed by atoms with van der Waals surface area (Å²) in [5, 5.41) is 4.76. The molecule has 1 amide bonds. The molecule has 7 nitrogen and oxygen atoms in total. The average Bonchev–Trinajstić information content (AvgIpc) is 3.13. The summed E-state index contributed by atoms with van der Waals surface area (Å²) in [7, 11) is 0. The van der Waals surface area contributed by atoms with E-state index in [0.29, 0.717) is 34.4 Å². The number of hydrogen-bond donors (Lipinski definition) is 1. The molecule has 0 aliphatic rings. The summed E-state index contributed by atoms with van der Waals surface area (Å²) in [5.41, 5.74) is 3.05. The van der Waals surface area contributed by atoms with Gasteiger partial charge < -0.3 is 10.1 Å². The topological polar surface area (TPSA) is 85.6 Å². The van der Waals surface area contributed by atoms with Gasteiger partial charge in [0.1, 0.15) is 5.56 Å². The first-order valence-corrected chi connectivity index (χ1v) is 9.92. The number of amides is 1. The zero-order valence-corrected chi connectivity index (χ0v) is 16.7. The van der Waals surface area contributed by atoms with E-state index in [1.807, 2.05) is 30.5 Å². The molecule has 0 spiro atoms. The van der Waals surface area contributed by atoms with Crippen LogP contribution in [-0.4, -0.2) is 26.9 Å². The van der Waals surface area contributed by atoms with Crippen molar-refractivity contribution < 1.29 is 9.53 Å². The van der Waals surface area contributed by atoms with Crippen LogP contribution in [0.25, 0.3) is 16.2 Å². The van der Waals surface area contributed by atoms with Crippen LogP contribution in [0.5, 0.6) is 5.88 Å². The van der Waals surface area contributed by atoms with Gasteiger partial charge in [-0.2, -0.15) is 0 Å². The van der Waals surface area contributed by atoms with Gasteiger partial charge in [-0.25, -0.2) is 9.97 Å². The Hall–Kier alpha value is -3.52. The fourth-order valence-corrected chi connectivity index (χ4v) is 3.95. The van der Waals surface area contributed by atoms with E-state index in [0.717, 1.165) is 11.3 Å². The molecule has 4 rings (SSSR count). The van der Waals surface area contributed by atoms with Crippen LogP contribution in [0.1, 0.15) is 23.0 Å². The van der Waals surface area contributed by atoms with Gasteiger partial charge in [0, 0.05) is 34.6 Å². The Morgan fingerprint density at radius 3 is 2.93 bits per heavy atom. The Morgan fingerprint density at radius 2 is 2.10 bits per heavy atom.